The third kappa shape index (κ3) is 6.02. The maximum atomic E-state index is 13.1. The molecule has 0 saturated carbocycles. The summed E-state index contributed by atoms with van der Waals surface area (Å²) in [6, 6.07) is 13.3. The molecule has 4 rings (SSSR count). The van der Waals surface area contributed by atoms with Crippen molar-refractivity contribution in [2.24, 2.45) is 0 Å². The number of halogens is 1. The zero-order valence-corrected chi connectivity index (χ0v) is 21.3. The minimum atomic E-state index is -4.24. The van der Waals surface area contributed by atoms with Crippen molar-refractivity contribution in [3.8, 4) is 0 Å². The van der Waals surface area contributed by atoms with Crippen LogP contribution in [0, 0.1) is 10.1 Å². The summed E-state index contributed by atoms with van der Waals surface area (Å²) in [6.45, 7) is 3.03. The van der Waals surface area contributed by atoms with Gasteiger partial charge in [0, 0.05) is 30.6 Å². The molecule has 1 saturated heterocycles. The second kappa shape index (κ2) is 11.4. The van der Waals surface area contributed by atoms with Gasteiger partial charge in [0.2, 0.25) is 0 Å². The van der Waals surface area contributed by atoms with E-state index in [9.17, 15) is 23.3 Å². The van der Waals surface area contributed by atoms with Crippen LogP contribution >= 0.6 is 22.9 Å². The molecule has 36 heavy (non-hydrogen) atoms. The third-order valence-corrected chi connectivity index (χ3v) is 8.31. The van der Waals surface area contributed by atoms with Gasteiger partial charge >= 0.3 is 0 Å². The Hall–Kier alpha value is -3.03. The van der Waals surface area contributed by atoms with Crippen LogP contribution in [0.5, 0.6) is 0 Å². The molecule has 0 bridgehead atoms. The Morgan fingerprint density at radius 3 is 2.61 bits per heavy atom. The first kappa shape index (κ1) is 26.0. The Balaban J connectivity index is 1.53. The molecule has 0 radical (unpaired) electrons. The predicted molar refractivity (Wildman–Crippen MR) is 137 cm³/mol. The highest BCUT2D eigenvalue weighted by Crippen LogP contribution is 2.29. The normalized spacial score (nSPS) is 15.2. The van der Waals surface area contributed by atoms with E-state index in [0.717, 1.165) is 36.2 Å². The van der Waals surface area contributed by atoms with Gasteiger partial charge in [-0.15, -0.1) is 11.3 Å². The highest BCUT2D eigenvalue weighted by Gasteiger charge is 2.26. The first-order valence-corrected chi connectivity index (χ1v) is 13.7. The molecular weight excluding hydrogens is 528 g/mol. The van der Waals surface area contributed by atoms with E-state index < -0.39 is 26.5 Å². The van der Waals surface area contributed by atoms with E-state index in [2.05, 4.69) is 14.9 Å². The number of benzene rings is 2. The molecule has 2 N–H and O–H groups in total. The van der Waals surface area contributed by atoms with Crippen LogP contribution in [0.2, 0.25) is 5.02 Å². The van der Waals surface area contributed by atoms with E-state index in [0.29, 0.717) is 19.8 Å². The van der Waals surface area contributed by atoms with Crippen molar-refractivity contribution in [3.05, 3.63) is 85.6 Å². The largest absolute Gasteiger partial charge is 0.379 e. The van der Waals surface area contributed by atoms with Crippen molar-refractivity contribution in [1.82, 2.24) is 10.2 Å². The number of para-hydroxylation sites is 1. The first-order valence-electron chi connectivity index (χ1n) is 11.0. The monoisotopic (exact) mass is 550 g/mol. The van der Waals surface area contributed by atoms with E-state index in [1.165, 1.54) is 12.1 Å². The minimum Gasteiger partial charge on any atom is -0.379 e. The Labute approximate surface area is 217 Å². The van der Waals surface area contributed by atoms with Gasteiger partial charge in [0.1, 0.15) is 5.02 Å². The van der Waals surface area contributed by atoms with Crippen molar-refractivity contribution < 1.29 is 22.9 Å². The van der Waals surface area contributed by atoms with E-state index in [1.54, 1.807) is 23.5 Å². The van der Waals surface area contributed by atoms with Crippen LogP contribution in [-0.2, 0) is 14.8 Å². The zero-order chi connectivity index (χ0) is 25.7. The zero-order valence-electron chi connectivity index (χ0n) is 18.9. The highest BCUT2D eigenvalue weighted by molar-refractivity contribution is 7.92. The molecule has 3 aromatic rings. The van der Waals surface area contributed by atoms with Crippen LogP contribution in [0.4, 0.5) is 11.4 Å². The summed E-state index contributed by atoms with van der Waals surface area (Å²) >= 11 is 7.40. The van der Waals surface area contributed by atoms with Crippen molar-refractivity contribution in [2.45, 2.75) is 10.9 Å². The molecule has 1 aliphatic rings. The van der Waals surface area contributed by atoms with Crippen molar-refractivity contribution in [3.63, 3.8) is 0 Å². The van der Waals surface area contributed by atoms with Crippen molar-refractivity contribution in [1.29, 1.82) is 0 Å². The molecule has 2 heterocycles. The van der Waals surface area contributed by atoms with Gasteiger partial charge < -0.3 is 10.1 Å². The summed E-state index contributed by atoms with van der Waals surface area (Å²) in [5.74, 6) is -0.454. The van der Waals surface area contributed by atoms with Gasteiger partial charge in [-0.25, -0.2) is 8.42 Å². The molecule has 1 aromatic heterocycles. The number of amides is 1. The molecule has 13 heteroatoms. The molecule has 1 amide bonds. The average molecular weight is 551 g/mol. The van der Waals surface area contributed by atoms with Crippen LogP contribution < -0.4 is 10.0 Å². The van der Waals surface area contributed by atoms with Crippen LogP contribution in [0.3, 0.4) is 0 Å². The number of rotatable bonds is 9. The second-order valence-corrected chi connectivity index (χ2v) is 11.0. The minimum absolute atomic E-state index is 0.0451. The number of anilines is 1. The molecule has 1 atom stereocenters. The van der Waals surface area contributed by atoms with Gasteiger partial charge in [-0.1, -0.05) is 29.8 Å². The quantitative estimate of drug-likeness (QED) is 0.305. The fourth-order valence-corrected chi connectivity index (χ4v) is 5.98. The average Bonchev–Trinajstić information content (AvgIpc) is 3.39. The van der Waals surface area contributed by atoms with Crippen molar-refractivity contribution >= 4 is 50.2 Å². The maximum absolute atomic E-state index is 13.1. The molecule has 190 valence electrons. The smallest absolute Gasteiger partial charge is 0.289 e. The molecule has 0 unspecified atom stereocenters. The number of carbonyl (C=O) groups is 1. The molecular formula is C23H23ClN4O6S2. The number of nitro benzene ring substituents is 1. The Bertz CT molecular complexity index is 1340. The maximum Gasteiger partial charge on any atom is 0.289 e. The number of hydrogen-bond donors (Lipinski definition) is 2. The Morgan fingerprint density at radius 1 is 1.17 bits per heavy atom. The number of nitro groups is 1. The lowest BCUT2D eigenvalue weighted by Crippen LogP contribution is -2.43. The van der Waals surface area contributed by atoms with Gasteiger partial charge in [-0.05, 0) is 35.7 Å². The van der Waals surface area contributed by atoms with E-state index >= 15 is 0 Å². The number of nitrogens with zero attached hydrogens (tertiary/aromatic N) is 2. The van der Waals surface area contributed by atoms with Crippen LogP contribution in [0.25, 0.3) is 0 Å². The number of sulfonamides is 1. The van der Waals surface area contributed by atoms with E-state index in [1.807, 2.05) is 17.5 Å². The van der Waals surface area contributed by atoms with Crippen LogP contribution in [-0.4, -0.2) is 57.0 Å². The Kier molecular flexibility index (Phi) is 8.21. The fourth-order valence-electron chi connectivity index (χ4n) is 3.84. The molecule has 10 nitrogen and oxygen atoms in total. The number of hydrogen-bond acceptors (Lipinski definition) is 8. The number of thiophene rings is 1. The van der Waals surface area contributed by atoms with Gasteiger partial charge in [-0.3, -0.25) is 24.5 Å². The van der Waals surface area contributed by atoms with E-state index in [-0.39, 0.29) is 27.2 Å². The van der Waals surface area contributed by atoms with Crippen LogP contribution in [0.1, 0.15) is 21.3 Å². The van der Waals surface area contributed by atoms with Gasteiger partial charge in [0.15, 0.2) is 0 Å². The molecule has 2 aromatic carbocycles. The second-order valence-electron chi connectivity index (χ2n) is 7.91. The molecule has 0 aliphatic carbocycles. The summed E-state index contributed by atoms with van der Waals surface area (Å²) in [5.41, 5.74) is -0.364. The predicted octanol–water partition coefficient (Wildman–Crippen LogP) is 3.91. The fraction of sp³-hybridized carbons (Fsp3) is 0.261. The standard InChI is InChI=1S/C23H23ClN4O6S2/c24-18-8-7-16(14-20(18)28(30)31)36(32,33)26-19-5-2-1-4-17(19)23(29)25-15-21(22-6-3-13-35-22)27-9-11-34-12-10-27/h1-8,13-14,21,26H,9-12,15H2,(H,25,29)/t21-/m1/s1. The number of carbonyl (C=O) groups excluding carboxylic acids is 1. The summed E-state index contributed by atoms with van der Waals surface area (Å²) in [5, 5.41) is 15.9. The molecule has 0 spiro atoms. The third-order valence-electron chi connectivity index (χ3n) is 5.65. The lowest BCUT2D eigenvalue weighted by atomic mass is 10.1. The first-order chi connectivity index (χ1) is 17.3. The summed E-state index contributed by atoms with van der Waals surface area (Å²) < 4.78 is 33.8. The summed E-state index contributed by atoms with van der Waals surface area (Å²) in [4.78, 5) is 26.6. The topological polar surface area (TPSA) is 131 Å². The SMILES string of the molecule is O=C(NC[C@H](c1cccs1)N1CCOCC1)c1ccccc1NS(=O)(=O)c1ccc(Cl)c([N+](=O)[O-])c1. The summed E-state index contributed by atoms with van der Waals surface area (Å²) in [6.07, 6.45) is 0. The van der Waals surface area contributed by atoms with Gasteiger partial charge in [0.25, 0.3) is 21.6 Å². The van der Waals surface area contributed by atoms with Crippen LogP contribution in [0.15, 0.2) is 64.9 Å². The molecule has 1 fully saturated rings. The number of ether oxygens (including phenoxy) is 1. The number of morpholine rings is 1. The van der Waals surface area contributed by atoms with E-state index in [4.69, 9.17) is 16.3 Å². The highest BCUT2D eigenvalue weighted by atomic mass is 35.5. The van der Waals surface area contributed by atoms with Crippen molar-refractivity contribution in [2.75, 3.05) is 37.6 Å². The lowest BCUT2D eigenvalue weighted by Gasteiger charge is -2.34. The lowest BCUT2D eigenvalue weighted by molar-refractivity contribution is -0.384. The van der Waals surface area contributed by atoms with Gasteiger partial charge in [-0.2, -0.15) is 0 Å². The molecule has 1 aliphatic heterocycles. The Morgan fingerprint density at radius 2 is 1.92 bits per heavy atom. The summed E-state index contributed by atoms with van der Waals surface area (Å²) in [7, 11) is -4.24. The number of nitrogens with one attached hydrogen (secondary N) is 2. The van der Waals surface area contributed by atoms with Gasteiger partial charge in [0.05, 0.1) is 40.3 Å².